The zero-order chi connectivity index (χ0) is 22.1. The quantitative estimate of drug-likeness (QED) is 0.659. The summed E-state index contributed by atoms with van der Waals surface area (Å²) in [4.78, 5) is 28.2. The highest BCUT2D eigenvalue weighted by atomic mass is 19.1. The molecule has 7 heteroatoms. The van der Waals surface area contributed by atoms with Gasteiger partial charge < -0.3 is 5.11 Å². The van der Waals surface area contributed by atoms with Crippen LogP contribution in [0.5, 0.6) is 0 Å². The summed E-state index contributed by atoms with van der Waals surface area (Å²) in [5, 5.41) is 10.9. The number of aliphatic hydroxyl groups excluding tert-OH is 1. The van der Waals surface area contributed by atoms with Gasteiger partial charge in [0.1, 0.15) is 5.82 Å². The van der Waals surface area contributed by atoms with E-state index in [0.29, 0.717) is 18.6 Å². The van der Waals surface area contributed by atoms with E-state index in [1.807, 2.05) is 26.0 Å². The molecule has 1 aromatic heterocycles. The van der Waals surface area contributed by atoms with Gasteiger partial charge in [-0.3, -0.25) is 18.8 Å². The van der Waals surface area contributed by atoms with Crippen LogP contribution in [-0.2, 0) is 26.1 Å². The molecule has 31 heavy (non-hydrogen) atoms. The Labute approximate surface area is 180 Å². The maximum absolute atomic E-state index is 13.8. The third-order valence-electron chi connectivity index (χ3n) is 5.81. The minimum absolute atomic E-state index is 0.125. The Kier molecular flexibility index (Phi) is 6.07. The highest BCUT2D eigenvalue weighted by molar-refractivity contribution is 5.78. The second kappa shape index (κ2) is 8.77. The molecule has 4 rings (SSSR count). The van der Waals surface area contributed by atoms with Crippen LogP contribution in [0.4, 0.5) is 4.39 Å². The van der Waals surface area contributed by atoms with Gasteiger partial charge >= 0.3 is 5.69 Å². The molecule has 1 aliphatic rings. The number of aromatic nitrogens is 2. The lowest BCUT2D eigenvalue weighted by Crippen LogP contribution is -2.45. The van der Waals surface area contributed by atoms with Crippen LogP contribution in [0.25, 0.3) is 10.9 Å². The third kappa shape index (κ3) is 4.48. The Morgan fingerprint density at radius 2 is 1.74 bits per heavy atom. The van der Waals surface area contributed by atoms with Crippen molar-refractivity contribution in [2.75, 3.05) is 13.1 Å². The van der Waals surface area contributed by atoms with Gasteiger partial charge in [0.15, 0.2) is 0 Å². The van der Waals surface area contributed by atoms with Crippen molar-refractivity contribution in [1.82, 2.24) is 14.0 Å². The molecular formula is C24H28FN3O3. The molecular weight excluding hydrogens is 397 g/mol. The maximum Gasteiger partial charge on any atom is 0.331 e. The van der Waals surface area contributed by atoms with Crippen LogP contribution in [0.2, 0.25) is 0 Å². The van der Waals surface area contributed by atoms with Crippen molar-refractivity contribution in [3.8, 4) is 0 Å². The second-order valence-corrected chi connectivity index (χ2v) is 8.77. The Hall–Kier alpha value is -2.77. The van der Waals surface area contributed by atoms with E-state index >= 15 is 0 Å². The highest BCUT2D eigenvalue weighted by Crippen LogP contribution is 2.18. The molecule has 1 atom stereocenters. The van der Waals surface area contributed by atoms with Crippen molar-refractivity contribution in [1.29, 1.82) is 0 Å². The van der Waals surface area contributed by atoms with Gasteiger partial charge in [-0.25, -0.2) is 9.18 Å². The zero-order valence-electron chi connectivity index (χ0n) is 17.9. The standard InChI is InChI=1S/C24H28FN3O3/c1-16(2)12-27-22-8-7-19(25)11-21(22)23(30)28(24(27)31)15-20(29)14-26-10-9-17-5-3-4-6-18(17)13-26/h3-8,11,16,20,29H,9-10,12-15H2,1-2H3/t20-/m1/s1. The van der Waals surface area contributed by atoms with E-state index in [-0.39, 0.29) is 17.8 Å². The van der Waals surface area contributed by atoms with Crippen LogP contribution in [-0.4, -0.2) is 38.3 Å². The summed E-state index contributed by atoms with van der Waals surface area (Å²) in [5.74, 6) is -0.367. The number of nitrogens with zero attached hydrogens (tertiary/aromatic N) is 3. The average Bonchev–Trinajstić information content (AvgIpc) is 2.74. The molecule has 1 aliphatic heterocycles. The number of halogens is 1. The van der Waals surface area contributed by atoms with Crippen LogP contribution in [0.15, 0.2) is 52.1 Å². The zero-order valence-corrected chi connectivity index (χ0v) is 17.9. The van der Waals surface area contributed by atoms with Crippen molar-refractivity contribution in [2.24, 2.45) is 5.92 Å². The smallest absolute Gasteiger partial charge is 0.331 e. The number of hydrogen-bond donors (Lipinski definition) is 1. The molecule has 0 fully saturated rings. The Balaban J connectivity index is 1.62. The lowest BCUT2D eigenvalue weighted by atomic mass is 10.00. The van der Waals surface area contributed by atoms with Gasteiger partial charge in [0, 0.05) is 26.2 Å². The Morgan fingerprint density at radius 3 is 2.48 bits per heavy atom. The number of fused-ring (bicyclic) bond motifs is 2. The molecule has 0 saturated heterocycles. The number of rotatable bonds is 6. The molecule has 0 bridgehead atoms. The van der Waals surface area contributed by atoms with Gasteiger partial charge in [-0.05, 0) is 41.7 Å². The minimum Gasteiger partial charge on any atom is -0.390 e. The second-order valence-electron chi connectivity index (χ2n) is 8.77. The molecule has 0 unspecified atom stereocenters. The molecule has 6 nitrogen and oxygen atoms in total. The topological polar surface area (TPSA) is 67.5 Å². The third-order valence-corrected chi connectivity index (χ3v) is 5.81. The summed E-state index contributed by atoms with van der Waals surface area (Å²) >= 11 is 0. The number of benzene rings is 2. The number of hydrogen-bond acceptors (Lipinski definition) is 4. The van der Waals surface area contributed by atoms with Crippen LogP contribution in [0.1, 0.15) is 25.0 Å². The molecule has 0 aliphatic carbocycles. The number of β-amino-alcohol motifs (C(OH)–C–C–N with tert-alkyl or cyclic N) is 1. The van der Waals surface area contributed by atoms with Gasteiger partial charge in [0.2, 0.25) is 0 Å². The van der Waals surface area contributed by atoms with Crippen molar-refractivity contribution in [2.45, 2.75) is 46.0 Å². The van der Waals surface area contributed by atoms with Crippen molar-refractivity contribution < 1.29 is 9.50 Å². The fourth-order valence-corrected chi connectivity index (χ4v) is 4.38. The fourth-order valence-electron chi connectivity index (χ4n) is 4.38. The lowest BCUT2D eigenvalue weighted by Gasteiger charge is -2.30. The monoisotopic (exact) mass is 425 g/mol. The molecule has 2 aromatic carbocycles. The first-order valence-corrected chi connectivity index (χ1v) is 10.7. The predicted molar refractivity (Wildman–Crippen MR) is 119 cm³/mol. The SMILES string of the molecule is CC(C)Cn1c(=O)n(C[C@H](O)CN2CCc3ccccc3C2)c(=O)c2cc(F)ccc21. The van der Waals surface area contributed by atoms with Crippen LogP contribution in [0, 0.1) is 11.7 Å². The first-order chi connectivity index (χ1) is 14.8. The van der Waals surface area contributed by atoms with E-state index in [1.54, 1.807) is 0 Å². The normalized spacial score (nSPS) is 15.4. The van der Waals surface area contributed by atoms with Gasteiger partial charge in [-0.15, -0.1) is 0 Å². The van der Waals surface area contributed by atoms with E-state index < -0.39 is 23.2 Å². The van der Waals surface area contributed by atoms with E-state index in [0.717, 1.165) is 24.1 Å². The average molecular weight is 426 g/mol. The molecule has 164 valence electrons. The van der Waals surface area contributed by atoms with Crippen molar-refractivity contribution in [3.63, 3.8) is 0 Å². The van der Waals surface area contributed by atoms with Crippen LogP contribution >= 0.6 is 0 Å². The van der Waals surface area contributed by atoms with Crippen molar-refractivity contribution in [3.05, 3.63) is 80.2 Å². The van der Waals surface area contributed by atoms with E-state index in [9.17, 15) is 19.1 Å². The molecule has 0 spiro atoms. The lowest BCUT2D eigenvalue weighted by molar-refractivity contribution is 0.0896. The fraction of sp³-hybridized carbons (Fsp3) is 0.417. The molecule has 3 aromatic rings. The summed E-state index contributed by atoms with van der Waals surface area (Å²) in [7, 11) is 0. The van der Waals surface area contributed by atoms with Crippen LogP contribution in [0.3, 0.4) is 0 Å². The summed E-state index contributed by atoms with van der Waals surface area (Å²) < 4.78 is 16.4. The highest BCUT2D eigenvalue weighted by Gasteiger charge is 2.21. The minimum atomic E-state index is -0.894. The summed E-state index contributed by atoms with van der Waals surface area (Å²) in [5.41, 5.74) is 1.93. The summed E-state index contributed by atoms with van der Waals surface area (Å²) in [6.45, 7) is 6.11. The molecule has 0 radical (unpaired) electrons. The van der Waals surface area contributed by atoms with Gasteiger partial charge in [0.25, 0.3) is 5.56 Å². The first-order valence-electron chi connectivity index (χ1n) is 10.7. The summed E-state index contributed by atoms with van der Waals surface area (Å²) in [6.07, 6.45) is 0.00778. The number of aliphatic hydroxyl groups is 1. The van der Waals surface area contributed by atoms with Crippen molar-refractivity contribution >= 4 is 10.9 Å². The molecule has 1 N–H and O–H groups in total. The molecule has 2 heterocycles. The summed E-state index contributed by atoms with van der Waals surface area (Å²) in [6, 6.07) is 12.1. The van der Waals surface area contributed by atoms with E-state index in [4.69, 9.17) is 0 Å². The Bertz CT molecular complexity index is 1210. The van der Waals surface area contributed by atoms with E-state index in [1.165, 1.54) is 33.9 Å². The van der Waals surface area contributed by atoms with Gasteiger partial charge in [-0.1, -0.05) is 38.1 Å². The predicted octanol–water partition coefficient (Wildman–Crippen LogP) is 2.38. The Morgan fingerprint density at radius 1 is 1.00 bits per heavy atom. The van der Waals surface area contributed by atoms with Gasteiger partial charge in [-0.2, -0.15) is 0 Å². The molecule has 0 amide bonds. The largest absolute Gasteiger partial charge is 0.390 e. The molecule has 0 saturated carbocycles. The maximum atomic E-state index is 13.8. The first kappa shape index (κ1) is 21.5. The van der Waals surface area contributed by atoms with E-state index in [2.05, 4.69) is 17.0 Å². The van der Waals surface area contributed by atoms with Crippen LogP contribution < -0.4 is 11.2 Å². The van der Waals surface area contributed by atoms with Gasteiger partial charge in [0.05, 0.1) is 23.6 Å².